The van der Waals surface area contributed by atoms with E-state index in [2.05, 4.69) is 0 Å². The summed E-state index contributed by atoms with van der Waals surface area (Å²) in [6.45, 7) is 1.30. The molecular formula is C22H21ClFNO5. The van der Waals surface area contributed by atoms with Crippen molar-refractivity contribution in [1.82, 2.24) is 4.90 Å². The Morgan fingerprint density at radius 3 is 2.67 bits per heavy atom. The first kappa shape index (κ1) is 19.5. The van der Waals surface area contributed by atoms with Crippen molar-refractivity contribution in [3.63, 3.8) is 0 Å². The van der Waals surface area contributed by atoms with E-state index in [1.165, 1.54) is 12.1 Å². The molecule has 2 fully saturated rings. The molecule has 1 saturated heterocycles. The van der Waals surface area contributed by atoms with Crippen LogP contribution in [0.25, 0.3) is 0 Å². The summed E-state index contributed by atoms with van der Waals surface area (Å²) in [4.78, 5) is 14.6. The fraction of sp³-hybridized carbons (Fsp3) is 0.409. The lowest BCUT2D eigenvalue weighted by Gasteiger charge is -2.35. The highest BCUT2D eigenvalue weighted by Gasteiger charge is 2.44. The van der Waals surface area contributed by atoms with Crippen LogP contribution in [-0.2, 0) is 0 Å². The van der Waals surface area contributed by atoms with Crippen LogP contribution < -0.4 is 14.2 Å². The Balaban J connectivity index is 1.26. The summed E-state index contributed by atoms with van der Waals surface area (Å²) < 4.78 is 30.1. The van der Waals surface area contributed by atoms with E-state index in [1.54, 1.807) is 23.1 Å². The second kappa shape index (κ2) is 7.63. The van der Waals surface area contributed by atoms with Crippen molar-refractivity contribution >= 4 is 17.5 Å². The molecule has 2 heterocycles. The van der Waals surface area contributed by atoms with Gasteiger partial charge in [-0.3, -0.25) is 4.79 Å². The molecule has 1 N–H and O–H groups in total. The summed E-state index contributed by atoms with van der Waals surface area (Å²) in [5, 5.41) is 10.8. The number of halogens is 2. The Bertz CT molecular complexity index is 986. The molecule has 1 amide bonds. The van der Waals surface area contributed by atoms with Crippen LogP contribution in [-0.4, -0.2) is 48.0 Å². The summed E-state index contributed by atoms with van der Waals surface area (Å²) >= 11 is 6.07. The molecule has 0 bridgehead atoms. The maximum Gasteiger partial charge on any atom is 0.255 e. The van der Waals surface area contributed by atoms with Gasteiger partial charge < -0.3 is 24.2 Å². The maximum absolute atomic E-state index is 13.3. The molecular weight excluding hydrogens is 413 g/mol. The van der Waals surface area contributed by atoms with Gasteiger partial charge in [0, 0.05) is 19.2 Å². The molecule has 6 nitrogen and oxygen atoms in total. The number of rotatable bonds is 3. The number of likely N-dealkylation sites (tertiary alicyclic amines) is 1. The zero-order valence-corrected chi connectivity index (χ0v) is 16.8. The molecule has 3 aliphatic rings. The van der Waals surface area contributed by atoms with Crippen LogP contribution in [0.3, 0.4) is 0 Å². The second-order valence-corrected chi connectivity index (χ2v) is 8.47. The molecule has 30 heavy (non-hydrogen) atoms. The topological polar surface area (TPSA) is 68.2 Å². The fourth-order valence-corrected chi connectivity index (χ4v) is 4.89. The van der Waals surface area contributed by atoms with Crippen molar-refractivity contribution in [1.29, 1.82) is 0 Å². The van der Waals surface area contributed by atoms with Gasteiger partial charge >= 0.3 is 0 Å². The Morgan fingerprint density at radius 1 is 1.10 bits per heavy atom. The highest BCUT2D eigenvalue weighted by Crippen LogP contribution is 2.40. The zero-order chi connectivity index (χ0) is 20.8. The van der Waals surface area contributed by atoms with Gasteiger partial charge in [-0.05, 0) is 55.0 Å². The molecule has 4 atom stereocenters. The van der Waals surface area contributed by atoms with Crippen LogP contribution in [0.1, 0.15) is 23.2 Å². The molecule has 0 spiro atoms. The third-order valence-corrected chi connectivity index (χ3v) is 6.48. The number of aliphatic hydroxyl groups excluding tert-OH is 1. The number of nitrogens with zero attached hydrogens (tertiary/aromatic N) is 1. The van der Waals surface area contributed by atoms with Gasteiger partial charge in [0.05, 0.1) is 16.7 Å². The average molecular weight is 434 g/mol. The summed E-state index contributed by atoms with van der Waals surface area (Å²) in [6, 6.07) is 9.16. The van der Waals surface area contributed by atoms with Crippen molar-refractivity contribution in [2.45, 2.75) is 25.0 Å². The highest BCUT2D eigenvalue weighted by atomic mass is 35.5. The fourth-order valence-electron chi connectivity index (χ4n) is 4.64. The van der Waals surface area contributed by atoms with E-state index in [0.717, 1.165) is 6.07 Å². The molecule has 8 heteroatoms. The van der Waals surface area contributed by atoms with E-state index in [9.17, 15) is 14.3 Å². The van der Waals surface area contributed by atoms with E-state index >= 15 is 0 Å². The number of hydrogen-bond donors (Lipinski definition) is 1. The molecule has 2 aromatic carbocycles. The van der Waals surface area contributed by atoms with Gasteiger partial charge in [-0.15, -0.1) is 0 Å². The minimum Gasteiger partial charge on any atom is -0.488 e. The van der Waals surface area contributed by atoms with Crippen molar-refractivity contribution < 1.29 is 28.5 Å². The smallest absolute Gasteiger partial charge is 0.255 e. The molecule has 1 saturated carbocycles. The predicted molar refractivity (Wildman–Crippen MR) is 107 cm³/mol. The van der Waals surface area contributed by atoms with E-state index < -0.39 is 11.9 Å². The maximum atomic E-state index is 13.3. The Morgan fingerprint density at radius 2 is 1.87 bits per heavy atom. The van der Waals surface area contributed by atoms with E-state index in [1.807, 2.05) is 0 Å². The quantitative estimate of drug-likeness (QED) is 0.802. The number of ether oxygens (including phenoxy) is 3. The molecule has 2 aliphatic heterocycles. The van der Waals surface area contributed by atoms with E-state index in [-0.39, 0.29) is 35.7 Å². The van der Waals surface area contributed by atoms with Gasteiger partial charge in [-0.2, -0.15) is 0 Å². The van der Waals surface area contributed by atoms with Crippen LogP contribution in [0.4, 0.5) is 4.39 Å². The average Bonchev–Trinajstić information content (AvgIpc) is 3.34. The van der Waals surface area contributed by atoms with Crippen molar-refractivity contribution in [3.8, 4) is 17.2 Å². The number of amides is 1. The molecule has 158 valence electrons. The van der Waals surface area contributed by atoms with Gasteiger partial charge in [0.15, 0.2) is 11.5 Å². The number of fused-ring (bicyclic) bond motifs is 2. The standard InChI is InChI=1S/C22H21ClFNO5/c23-17-7-14(24)1-3-16(17)22(27)25-9-12-5-18(26)20(6-13(12)10-25)30-15-2-4-19-21(8-15)29-11-28-19/h1-4,7-8,12-13,18,20,26H,5-6,9-11H2/t12-,13+,18+,20+/m0/s1. The Kier molecular flexibility index (Phi) is 4.95. The van der Waals surface area contributed by atoms with Crippen molar-refractivity contribution in [2.75, 3.05) is 19.9 Å². The van der Waals surface area contributed by atoms with Gasteiger partial charge in [0.1, 0.15) is 17.7 Å². The first-order valence-electron chi connectivity index (χ1n) is 9.96. The summed E-state index contributed by atoms with van der Waals surface area (Å²) in [7, 11) is 0. The molecule has 2 aromatic rings. The van der Waals surface area contributed by atoms with Gasteiger partial charge in [0.2, 0.25) is 6.79 Å². The van der Waals surface area contributed by atoms with Crippen LogP contribution in [0, 0.1) is 17.7 Å². The third kappa shape index (κ3) is 3.56. The third-order valence-electron chi connectivity index (χ3n) is 6.17. The highest BCUT2D eigenvalue weighted by molar-refractivity contribution is 6.33. The summed E-state index contributed by atoms with van der Waals surface area (Å²) in [5.74, 6) is 1.65. The number of aliphatic hydroxyl groups is 1. The normalized spacial score (nSPS) is 27.1. The first-order valence-corrected chi connectivity index (χ1v) is 10.3. The number of carbonyl (C=O) groups is 1. The Labute approximate surface area is 178 Å². The minimum atomic E-state index is -0.624. The lowest BCUT2D eigenvalue weighted by atomic mass is 9.78. The second-order valence-electron chi connectivity index (χ2n) is 8.06. The van der Waals surface area contributed by atoms with Crippen LogP contribution >= 0.6 is 11.6 Å². The lowest BCUT2D eigenvalue weighted by molar-refractivity contribution is -0.0232. The summed E-state index contributed by atoms with van der Waals surface area (Å²) in [5.41, 5.74) is 0.297. The SMILES string of the molecule is O=C(c1ccc(F)cc1Cl)N1C[C@H]2C[C@@H](Oc3ccc4c(c3)OCO4)[C@H](O)C[C@H]2C1. The van der Waals surface area contributed by atoms with Gasteiger partial charge in [0.25, 0.3) is 5.91 Å². The molecule has 0 radical (unpaired) electrons. The van der Waals surface area contributed by atoms with Gasteiger partial charge in [-0.1, -0.05) is 11.6 Å². The monoisotopic (exact) mass is 433 g/mol. The van der Waals surface area contributed by atoms with Crippen LogP contribution in [0.15, 0.2) is 36.4 Å². The predicted octanol–water partition coefficient (Wildman–Crippen LogP) is 3.50. The van der Waals surface area contributed by atoms with E-state index in [0.29, 0.717) is 48.7 Å². The molecule has 0 unspecified atom stereocenters. The molecule has 5 rings (SSSR count). The lowest BCUT2D eigenvalue weighted by Crippen LogP contribution is -2.42. The Hall–Kier alpha value is -2.51. The van der Waals surface area contributed by atoms with Gasteiger partial charge in [-0.25, -0.2) is 4.39 Å². The van der Waals surface area contributed by atoms with Crippen molar-refractivity contribution in [3.05, 3.63) is 52.8 Å². The molecule has 1 aliphatic carbocycles. The first-order chi connectivity index (χ1) is 14.5. The summed E-state index contributed by atoms with van der Waals surface area (Å²) in [6.07, 6.45) is 0.208. The zero-order valence-electron chi connectivity index (χ0n) is 16.1. The van der Waals surface area contributed by atoms with Crippen LogP contribution in [0.5, 0.6) is 17.2 Å². The van der Waals surface area contributed by atoms with E-state index in [4.69, 9.17) is 25.8 Å². The molecule has 0 aromatic heterocycles. The van der Waals surface area contributed by atoms with Crippen molar-refractivity contribution in [2.24, 2.45) is 11.8 Å². The number of benzene rings is 2. The minimum absolute atomic E-state index is 0.110. The number of carbonyl (C=O) groups excluding carboxylic acids is 1. The van der Waals surface area contributed by atoms with Crippen LogP contribution in [0.2, 0.25) is 5.02 Å². The number of hydrogen-bond acceptors (Lipinski definition) is 5. The largest absolute Gasteiger partial charge is 0.488 e.